The van der Waals surface area contributed by atoms with E-state index in [4.69, 9.17) is 0 Å². The fourth-order valence-electron chi connectivity index (χ4n) is 2.29. The third-order valence-electron chi connectivity index (χ3n) is 3.30. The van der Waals surface area contributed by atoms with Gasteiger partial charge in [-0.15, -0.1) is 23.5 Å². The summed E-state index contributed by atoms with van der Waals surface area (Å²) in [4.78, 5) is 2.35. The lowest BCUT2D eigenvalue weighted by Crippen LogP contribution is -2.32. The molecule has 0 amide bonds. The third-order valence-corrected chi connectivity index (χ3v) is 5.85. The molecule has 0 saturated heterocycles. The van der Waals surface area contributed by atoms with Crippen molar-refractivity contribution in [1.29, 1.82) is 0 Å². The predicted octanol–water partition coefficient (Wildman–Crippen LogP) is 3.66. The van der Waals surface area contributed by atoms with E-state index in [0.29, 0.717) is 0 Å². The highest BCUT2D eigenvalue weighted by Crippen LogP contribution is 2.52. The van der Waals surface area contributed by atoms with Crippen molar-refractivity contribution in [2.75, 3.05) is 5.75 Å². The minimum atomic E-state index is -0.807. The lowest BCUT2D eigenvalue weighted by molar-refractivity contribution is 0.136. The summed E-state index contributed by atoms with van der Waals surface area (Å²) in [5.41, 5.74) is 1.86. The molecule has 17 heavy (non-hydrogen) atoms. The van der Waals surface area contributed by atoms with Crippen LogP contribution in [0.2, 0.25) is 0 Å². The minimum absolute atomic E-state index is 0.773. The Hall–Kier alpha value is -0.640. The van der Waals surface area contributed by atoms with Gasteiger partial charge in [0.25, 0.3) is 0 Å². The van der Waals surface area contributed by atoms with Crippen LogP contribution >= 0.6 is 23.5 Å². The first-order chi connectivity index (χ1) is 8.24. The van der Waals surface area contributed by atoms with Crippen LogP contribution in [0, 0.1) is 0 Å². The van der Waals surface area contributed by atoms with E-state index in [1.165, 1.54) is 16.0 Å². The second kappa shape index (κ2) is 4.23. The van der Waals surface area contributed by atoms with Gasteiger partial charge in [0.15, 0.2) is 0 Å². The molecule has 0 radical (unpaired) electrons. The van der Waals surface area contributed by atoms with E-state index >= 15 is 0 Å². The molecular weight excluding hydrogens is 248 g/mol. The summed E-state index contributed by atoms with van der Waals surface area (Å²) in [6, 6.07) is 8.49. The largest absolute Gasteiger partial charge is 0.380 e. The highest BCUT2D eigenvalue weighted by atomic mass is 32.2. The maximum atomic E-state index is 10.6. The molecule has 0 aromatic heterocycles. The molecule has 1 atom stereocenters. The third kappa shape index (κ3) is 1.77. The highest BCUT2D eigenvalue weighted by molar-refractivity contribution is 8.11. The van der Waals surface area contributed by atoms with Gasteiger partial charge in [-0.1, -0.05) is 36.9 Å². The van der Waals surface area contributed by atoms with Crippen molar-refractivity contribution in [3.05, 3.63) is 53.0 Å². The quantitative estimate of drug-likeness (QED) is 0.780. The van der Waals surface area contributed by atoms with E-state index in [1.54, 1.807) is 17.8 Å². The molecule has 1 unspecified atom stereocenters. The number of hydrogen-bond acceptors (Lipinski definition) is 3. The van der Waals surface area contributed by atoms with Crippen molar-refractivity contribution in [1.82, 2.24) is 0 Å². The van der Waals surface area contributed by atoms with Gasteiger partial charge >= 0.3 is 0 Å². The molecule has 0 aliphatic carbocycles. The topological polar surface area (TPSA) is 20.2 Å². The Kier molecular flexibility index (Phi) is 2.85. The van der Waals surface area contributed by atoms with Crippen LogP contribution in [-0.4, -0.2) is 16.5 Å². The average Bonchev–Trinajstić information content (AvgIpc) is 2.39. The Bertz CT molecular complexity index is 507. The molecule has 1 nitrogen and oxygen atoms in total. The number of thioether (sulfide) groups is 2. The van der Waals surface area contributed by atoms with Gasteiger partial charge in [0.05, 0.1) is 0 Å². The molecular formula is C14H14OS2. The van der Waals surface area contributed by atoms with Gasteiger partial charge in [-0.3, -0.25) is 0 Å². The van der Waals surface area contributed by atoms with Crippen LogP contribution in [0.4, 0.5) is 0 Å². The summed E-state index contributed by atoms with van der Waals surface area (Å²) in [6.45, 7) is 3.80. The zero-order valence-corrected chi connectivity index (χ0v) is 11.1. The van der Waals surface area contributed by atoms with Gasteiger partial charge in [0.2, 0.25) is 0 Å². The van der Waals surface area contributed by atoms with E-state index < -0.39 is 5.60 Å². The van der Waals surface area contributed by atoms with Crippen molar-refractivity contribution in [2.45, 2.75) is 17.8 Å². The summed E-state index contributed by atoms with van der Waals surface area (Å²) in [6.07, 6.45) is 2.47. The van der Waals surface area contributed by atoms with Gasteiger partial charge in [0.1, 0.15) is 5.60 Å². The average molecular weight is 262 g/mol. The van der Waals surface area contributed by atoms with Gasteiger partial charge in [-0.05, 0) is 17.5 Å². The van der Waals surface area contributed by atoms with Crippen LogP contribution in [0.25, 0.3) is 4.91 Å². The molecule has 0 spiro atoms. The van der Waals surface area contributed by atoms with Crippen molar-refractivity contribution in [3.63, 3.8) is 0 Å². The first-order valence-corrected chi connectivity index (χ1v) is 7.66. The SMILES string of the molecule is C=CC1(O)CCSC2=C1SCc1ccccc12. The van der Waals surface area contributed by atoms with Crippen LogP contribution < -0.4 is 0 Å². The maximum absolute atomic E-state index is 10.6. The van der Waals surface area contributed by atoms with Crippen LogP contribution in [0.15, 0.2) is 41.8 Å². The van der Waals surface area contributed by atoms with Crippen LogP contribution in [0.1, 0.15) is 17.5 Å². The van der Waals surface area contributed by atoms with E-state index in [-0.39, 0.29) is 0 Å². The van der Waals surface area contributed by atoms with E-state index in [2.05, 4.69) is 30.8 Å². The first kappa shape index (κ1) is 11.5. The summed E-state index contributed by atoms with van der Waals surface area (Å²) in [7, 11) is 0. The van der Waals surface area contributed by atoms with Crippen LogP contribution in [-0.2, 0) is 5.75 Å². The van der Waals surface area contributed by atoms with Gasteiger partial charge < -0.3 is 5.11 Å². The zero-order chi connectivity index (χ0) is 11.9. The molecule has 88 valence electrons. The number of rotatable bonds is 1. The monoisotopic (exact) mass is 262 g/mol. The Morgan fingerprint density at radius 2 is 2.12 bits per heavy atom. The smallest absolute Gasteiger partial charge is 0.115 e. The highest BCUT2D eigenvalue weighted by Gasteiger charge is 2.37. The molecule has 0 bridgehead atoms. The van der Waals surface area contributed by atoms with Crippen molar-refractivity contribution >= 4 is 28.4 Å². The summed E-state index contributed by atoms with van der Waals surface area (Å²) < 4.78 is 0. The predicted molar refractivity (Wildman–Crippen MR) is 76.9 cm³/mol. The van der Waals surface area contributed by atoms with Crippen molar-refractivity contribution in [2.24, 2.45) is 0 Å². The van der Waals surface area contributed by atoms with Crippen molar-refractivity contribution in [3.8, 4) is 0 Å². The Morgan fingerprint density at radius 3 is 2.94 bits per heavy atom. The Labute approximate surface area is 110 Å². The first-order valence-electron chi connectivity index (χ1n) is 5.69. The van der Waals surface area contributed by atoms with Gasteiger partial charge in [0, 0.05) is 21.3 Å². The zero-order valence-electron chi connectivity index (χ0n) is 9.48. The fourth-order valence-corrected chi connectivity index (χ4v) is 5.15. The molecule has 1 N–H and O–H groups in total. The molecule has 2 heterocycles. The number of benzene rings is 1. The number of aliphatic hydroxyl groups is 1. The fraction of sp³-hybridized carbons (Fsp3) is 0.286. The molecule has 2 aliphatic heterocycles. The summed E-state index contributed by atoms with van der Waals surface area (Å²) in [5, 5.41) is 10.6. The molecule has 1 aromatic carbocycles. The number of hydrogen-bond donors (Lipinski definition) is 1. The maximum Gasteiger partial charge on any atom is 0.115 e. The molecule has 1 aromatic rings. The molecule has 3 rings (SSSR count). The Balaban J connectivity index is 2.18. The van der Waals surface area contributed by atoms with E-state index in [0.717, 1.165) is 22.8 Å². The lowest BCUT2D eigenvalue weighted by Gasteiger charge is -2.36. The minimum Gasteiger partial charge on any atom is -0.380 e. The molecule has 0 fully saturated rings. The summed E-state index contributed by atoms with van der Waals surface area (Å²) >= 11 is 3.62. The molecule has 2 aliphatic rings. The summed E-state index contributed by atoms with van der Waals surface area (Å²) in [5.74, 6) is 1.90. The van der Waals surface area contributed by atoms with Gasteiger partial charge in [-0.2, -0.15) is 0 Å². The Morgan fingerprint density at radius 1 is 1.29 bits per heavy atom. The standard InChI is InChI=1S/C14H14OS2/c1-2-14(15)7-8-16-12-11-6-4-3-5-10(11)9-17-13(12)14/h2-6,15H,1,7-9H2. The van der Waals surface area contributed by atoms with Crippen molar-refractivity contribution < 1.29 is 5.11 Å². The van der Waals surface area contributed by atoms with E-state index in [9.17, 15) is 5.11 Å². The lowest BCUT2D eigenvalue weighted by atomic mass is 9.96. The molecule has 3 heteroatoms. The molecule has 0 saturated carbocycles. The second-order valence-electron chi connectivity index (χ2n) is 4.33. The second-order valence-corrected chi connectivity index (χ2v) is 6.42. The number of fused-ring (bicyclic) bond motifs is 2. The van der Waals surface area contributed by atoms with Crippen LogP contribution in [0.5, 0.6) is 0 Å². The van der Waals surface area contributed by atoms with Crippen LogP contribution in [0.3, 0.4) is 0 Å². The van der Waals surface area contributed by atoms with Gasteiger partial charge in [-0.25, -0.2) is 0 Å². The van der Waals surface area contributed by atoms with E-state index in [1.807, 2.05) is 11.8 Å². The normalized spacial score (nSPS) is 27.4.